The lowest BCUT2D eigenvalue weighted by atomic mass is 9.91. The highest BCUT2D eigenvalue weighted by Gasteiger charge is 2.35. The van der Waals surface area contributed by atoms with E-state index in [1.807, 2.05) is 30.5 Å². The highest BCUT2D eigenvalue weighted by molar-refractivity contribution is 6.30. The highest BCUT2D eigenvalue weighted by atomic mass is 35.5. The summed E-state index contributed by atoms with van der Waals surface area (Å²) in [5, 5.41) is 1.96. The molecule has 0 unspecified atom stereocenters. The molecule has 1 aliphatic rings. The molecule has 1 aromatic heterocycles. The number of methoxy groups -OCH3 is 1. The van der Waals surface area contributed by atoms with Crippen molar-refractivity contribution in [3.63, 3.8) is 0 Å². The van der Waals surface area contributed by atoms with Crippen LogP contribution in [0.15, 0.2) is 54.7 Å². The number of likely N-dealkylation sites (tertiary alicyclic amines) is 1. The minimum Gasteiger partial charge on any atom is -0.491 e. The Labute approximate surface area is 165 Å². The zero-order valence-corrected chi connectivity index (χ0v) is 16.3. The molecule has 1 aliphatic heterocycles. The van der Waals surface area contributed by atoms with Crippen molar-refractivity contribution in [2.24, 2.45) is 0 Å². The van der Waals surface area contributed by atoms with Crippen LogP contribution in [0.5, 0.6) is 5.75 Å². The standard InChI is InChI=1S/C22H25ClN2O2/c1-26-22(16-27-20-4-2-3-19(23)14-20)8-11-25(12-9-22)15-17-5-6-21-18(13-17)7-10-24-21/h2-7,10,13-14,24H,8-9,11-12,15-16H2,1H3. The fourth-order valence-electron chi connectivity index (χ4n) is 3.76. The fourth-order valence-corrected chi connectivity index (χ4v) is 3.94. The highest BCUT2D eigenvalue weighted by Crippen LogP contribution is 2.29. The van der Waals surface area contributed by atoms with E-state index >= 15 is 0 Å². The van der Waals surface area contributed by atoms with Gasteiger partial charge in [0, 0.05) is 43.5 Å². The van der Waals surface area contributed by atoms with Crippen molar-refractivity contribution in [2.75, 3.05) is 26.8 Å². The van der Waals surface area contributed by atoms with Crippen molar-refractivity contribution in [3.05, 3.63) is 65.3 Å². The first-order valence-corrected chi connectivity index (χ1v) is 9.76. The lowest BCUT2D eigenvalue weighted by molar-refractivity contribution is -0.0839. The van der Waals surface area contributed by atoms with Gasteiger partial charge in [-0.05, 0) is 60.2 Å². The van der Waals surface area contributed by atoms with E-state index in [-0.39, 0.29) is 5.60 Å². The fraction of sp³-hybridized carbons (Fsp3) is 0.364. The molecule has 4 nitrogen and oxygen atoms in total. The molecule has 0 radical (unpaired) electrons. The molecule has 2 aromatic carbocycles. The number of benzene rings is 2. The maximum Gasteiger partial charge on any atom is 0.120 e. The normalized spacial score (nSPS) is 17.3. The molecule has 4 rings (SSSR count). The molecule has 2 heterocycles. The summed E-state index contributed by atoms with van der Waals surface area (Å²) in [7, 11) is 1.79. The van der Waals surface area contributed by atoms with Crippen molar-refractivity contribution in [1.29, 1.82) is 0 Å². The maximum absolute atomic E-state index is 6.04. The van der Waals surface area contributed by atoms with Gasteiger partial charge in [0.1, 0.15) is 18.0 Å². The van der Waals surface area contributed by atoms with Gasteiger partial charge >= 0.3 is 0 Å². The Morgan fingerprint density at radius 2 is 1.96 bits per heavy atom. The van der Waals surface area contributed by atoms with Crippen LogP contribution in [0.3, 0.4) is 0 Å². The van der Waals surface area contributed by atoms with E-state index in [9.17, 15) is 0 Å². The molecule has 1 fully saturated rings. The molecule has 0 aliphatic carbocycles. The molecule has 142 valence electrons. The van der Waals surface area contributed by atoms with Crippen molar-refractivity contribution in [3.8, 4) is 5.75 Å². The van der Waals surface area contributed by atoms with E-state index in [4.69, 9.17) is 21.1 Å². The number of hydrogen-bond donors (Lipinski definition) is 1. The zero-order chi connectivity index (χ0) is 18.7. The topological polar surface area (TPSA) is 37.5 Å². The molecular formula is C22H25ClN2O2. The Bertz CT molecular complexity index is 900. The minimum absolute atomic E-state index is 0.233. The van der Waals surface area contributed by atoms with Crippen molar-refractivity contribution < 1.29 is 9.47 Å². The number of aromatic nitrogens is 1. The first kappa shape index (κ1) is 18.4. The molecule has 0 spiro atoms. The van der Waals surface area contributed by atoms with Crippen LogP contribution >= 0.6 is 11.6 Å². The molecular weight excluding hydrogens is 360 g/mol. The van der Waals surface area contributed by atoms with Crippen molar-refractivity contribution >= 4 is 22.5 Å². The Balaban J connectivity index is 1.34. The summed E-state index contributed by atoms with van der Waals surface area (Å²) in [5.41, 5.74) is 2.31. The quantitative estimate of drug-likeness (QED) is 0.658. The van der Waals surface area contributed by atoms with Crippen molar-refractivity contribution in [2.45, 2.75) is 25.0 Å². The van der Waals surface area contributed by atoms with Crippen LogP contribution in [0.4, 0.5) is 0 Å². The summed E-state index contributed by atoms with van der Waals surface area (Å²) in [6.45, 7) is 3.51. The average molecular weight is 385 g/mol. The van der Waals surface area contributed by atoms with E-state index in [1.54, 1.807) is 7.11 Å². The van der Waals surface area contributed by atoms with Crippen LogP contribution in [0.2, 0.25) is 5.02 Å². The number of hydrogen-bond acceptors (Lipinski definition) is 3. The zero-order valence-electron chi connectivity index (χ0n) is 15.6. The number of nitrogens with one attached hydrogen (secondary N) is 1. The number of rotatable bonds is 6. The van der Waals surface area contributed by atoms with Gasteiger partial charge in [-0.25, -0.2) is 0 Å². The van der Waals surface area contributed by atoms with Crippen LogP contribution in [0, 0.1) is 0 Å². The van der Waals surface area contributed by atoms with Gasteiger partial charge in [0.25, 0.3) is 0 Å². The third-order valence-corrected chi connectivity index (χ3v) is 5.76. The van der Waals surface area contributed by atoms with Crippen LogP contribution in [0.25, 0.3) is 10.9 Å². The maximum atomic E-state index is 6.04. The molecule has 5 heteroatoms. The summed E-state index contributed by atoms with van der Waals surface area (Å²) in [6.07, 6.45) is 3.90. The molecule has 1 N–H and O–H groups in total. The molecule has 1 saturated heterocycles. The number of aromatic amines is 1. The number of fused-ring (bicyclic) bond motifs is 1. The predicted octanol–water partition coefficient (Wildman–Crippen LogP) is 4.88. The van der Waals surface area contributed by atoms with E-state index in [0.717, 1.165) is 38.2 Å². The second-order valence-corrected chi connectivity index (χ2v) is 7.75. The van der Waals surface area contributed by atoms with Gasteiger partial charge in [0.05, 0.1) is 0 Å². The van der Waals surface area contributed by atoms with Gasteiger partial charge in [-0.3, -0.25) is 4.90 Å². The van der Waals surface area contributed by atoms with E-state index in [2.05, 4.69) is 34.1 Å². The van der Waals surface area contributed by atoms with Gasteiger partial charge in [0.15, 0.2) is 0 Å². The third kappa shape index (κ3) is 4.29. The van der Waals surface area contributed by atoms with Gasteiger partial charge in [-0.1, -0.05) is 23.7 Å². The number of ether oxygens (including phenoxy) is 2. The Hall–Kier alpha value is -2.01. The number of H-pyrrole nitrogens is 1. The van der Waals surface area contributed by atoms with E-state index < -0.39 is 0 Å². The molecule has 0 atom stereocenters. The van der Waals surface area contributed by atoms with Crippen LogP contribution in [-0.2, 0) is 11.3 Å². The summed E-state index contributed by atoms with van der Waals surface area (Å²) >= 11 is 6.04. The summed E-state index contributed by atoms with van der Waals surface area (Å²) < 4.78 is 11.9. The number of piperidine rings is 1. The molecule has 3 aromatic rings. The summed E-state index contributed by atoms with van der Waals surface area (Å²) in [5.74, 6) is 0.793. The van der Waals surface area contributed by atoms with Crippen LogP contribution < -0.4 is 4.74 Å². The molecule has 0 bridgehead atoms. The van der Waals surface area contributed by atoms with Crippen molar-refractivity contribution in [1.82, 2.24) is 9.88 Å². The van der Waals surface area contributed by atoms with Gasteiger partial charge in [-0.15, -0.1) is 0 Å². The predicted molar refractivity (Wildman–Crippen MR) is 109 cm³/mol. The average Bonchev–Trinajstić information content (AvgIpc) is 3.16. The second kappa shape index (κ2) is 7.93. The largest absolute Gasteiger partial charge is 0.491 e. The SMILES string of the molecule is COC1(COc2cccc(Cl)c2)CCN(Cc2ccc3[nH]ccc3c2)CC1. The lowest BCUT2D eigenvalue weighted by Gasteiger charge is -2.40. The van der Waals surface area contributed by atoms with E-state index in [1.165, 1.54) is 16.5 Å². The lowest BCUT2D eigenvalue weighted by Crippen LogP contribution is -2.48. The number of nitrogens with zero attached hydrogens (tertiary/aromatic N) is 1. The Morgan fingerprint density at radius 3 is 2.74 bits per heavy atom. The first-order chi connectivity index (χ1) is 13.2. The third-order valence-electron chi connectivity index (χ3n) is 5.52. The van der Waals surface area contributed by atoms with E-state index in [0.29, 0.717) is 11.6 Å². The second-order valence-electron chi connectivity index (χ2n) is 7.31. The van der Waals surface area contributed by atoms with Crippen LogP contribution in [-0.4, -0.2) is 42.3 Å². The first-order valence-electron chi connectivity index (χ1n) is 9.38. The smallest absolute Gasteiger partial charge is 0.120 e. The molecule has 0 saturated carbocycles. The van der Waals surface area contributed by atoms with Gasteiger partial charge < -0.3 is 14.5 Å². The molecule has 0 amide bonds. The number of halogens is 1. The minimum atomic E-state index is -0.233. The van der Waals surface area contributed by atoms with Crippen LogP contribution in [0.1, 0.15) is 18.4 Å². The monoisotopic (exact) mass is 384 g/mol. The van der Waals surface area contributed by atoms with Gasteiger partial charge in [-0.2, -0.15) is 0 Å². The van der Waals surface area contributed by atoms with Gasteiger partial charge in [0.2, 0.25) is 0 Å². The summed E-state index contributed by atoms with van der Waals surface area (Å²) in [4.78, 5) is 5.74. The Kier molecular flexibility index (Phi) is 5.39. The molecule has 27 heavy (non-hydrogen) atoms. The summed E-state index contributed by atoms with van der Waals surface area (Å²) in [6, 6.07) is 16.3. The Morgan fingerprint density at radius 1 is 1.11 bits per heavy atom.